The molecule has 1 unspecified atom stereocenters. The minimum absolute atomic E-state index is 0.00576. The van der Waals surface area contributed by atoms with Crippen molar-refractivity contribution in [2.45, 2.75) is 33.2 Å². The maximum atomic E-state index is 14.3. The van der Waals surface area contributed by atoms with Gasteiger partial charge in [0.05, 0.1) is 17.7 Å². The standard InChI is InChI=1S/C22H21ClFN5O2/c1-12-7-8-15(13(2)9-12)10-16-11-30-29-21(26-16)20-22(28-27-14(3)25-20)31-18-6-4-5-17(23)19(18)24/h4-9,16H,10-11H2,1-3H3,(H,26,29). The van der Waals surface area contributed by atoms with E-state index in [4.69, 9.17) is 26.2 Å². The van der Waals surface area contributed by atoms with E-state index in [0.29, 0.717) is 24.7 Å². The lowest BCUT2D eigenvalue weighted by atomic mass is 9.99. The quantitative estimate of drug-likeness (QED) is 0.636. The Kier molecular flexibility index (Phi) is 6.11. The van der Waals surface area contributed by atoms with Crippen molar-refractivity contribution in [1.82, 2.24) is 20.7 Å². The first-order valence-corrected chi connectivity index (χ1v) is 10.1. The Morgan fingerprint density at radius 2 is 2.03 bits per heavy atom. The number of aliphatic imine (C=N–C) groups is 1. The number of hydroxylamine groups is 1. The average Bonchev–Trinajstić information content (AvgIpc) is 2.75. The number of aromatic nitrogens is 3. The van der Waals surface area contributed by atoms with Gasteiger partial charge in [0.15, 0.2) is 23.1 Å². The Labute approximate surface area is 184 Å². The Bertz CT molecular complexity index is 1150. The van der Waals surface area contributed by atoms with E-state index in [1.807, 2.05) is 0 Å². The third kappa shape index (κ3) is 4.81. The minimum Gasteiger partial charge on any atom is -0.433 e. The van der Waals surface area contributed by atoms with E-state index in [0.717, 1.165) is 0 Å². The van der Waals surface area contributed by atoms with Crippen LogP contribution < -0.4 is 10.2 Å². The summed E-state index contributed by atoms with van der Waals surface area (Å²) in [5.41, 5.74) is 6.66. The van der Waals surface area contributed by atoms with E-state index in [1.54, 1.807) is 13.0 Å². The highest BCUT2D eigenvalue weighted by molar-refractivity contribution is 6.30. The van der Waals surface area contributed by atoms with Crippen LogP contribution in [0.4, 0.5) is 4.39 Å². The van der Waals surface area contributed by atoms with Crippen LogP contribution in [0.3, 0.4) is 0 Å². The molecule has 0 radical (unpaired) electrons. The van der Waals surface area contributed by atoms with Crippen molar-refractivity contribution in [2.24, 2.45) is 4.99 Å². The van der Waals surface area contributed by atoms with E-state index in [1.165, 1.54) is 28.8 Å². The first-order valence-electron chi connectivity index (χ1n) is 9.76. The highest BCUT2D eigenvalue weighted by Crippen LogP contribution is 2.29. The first-order chi connectivity index (χ1) is 14.9. The van der Waals surface area contributed by atoms with Crippen LogP contribution in [0.25, 0.3) is 0 Å². The second kappa shape index (κ2) is 8.95. The molecule has 0 amide bonds. The van der Waals surface area contributed by atoms with Gasteiger partial charge in [0.1, 0.15) is 5.82 Å². The zero-order chi connectivity index (χ0) is 22.0. The first kappa shape index (κ1) is 21.1. The lowest BCUT2D eigenvalue weighted by Crippen LogP contribution is -2.37. The van der Waals surface area contributed by atoms with Crippen molar-refractivity contribution in [2.75, 3.05) is 6.61 Å². The molecule has 31 heavy (non-hydrogen) atoms. The summed E-state index contributed by atoms with van der Waals surface area (Å²) in [4.78, 5) is 14.7. The predicted octanol–water partition coefficient (Wildman–Crippen LogP) is 4.27. The van der Waals surface area contributed by atoms with Crippen molar-refractivity contribution in [1.29, 1.82) is 0 Å². The van der Waals surface area contributed by atoms with Crippen LogP contribution >= 0.6 is 11.6 Å². The number of nitrogens with zero attached hydrogens (tertiary/aromatic N) is 4. The number of aryl methyl sites for hydroxylation is 3. The average molecular weight is 442 g/mol. The molecule has 4 rings (SSSR count). The van der Waals surface area contributed by atoms with E-state index in [2.05, 4.69) is 52.7 Å². The molecule has 0 spiro atoms. The second-order valence-corrected chi connectivity index (χ2v) is 7.75. The van der Waals surface area contributed by atoms with Gasteiger partial charge in [-0.25, -0.2) is 14.9 Å². The molecule has 1 N–H and O–H groups in total. The molecular weight excluding hydrogens is 421 g/mol. The summed E-state index contributed by atoms with van der Waals surface area (Å²) in [6, 6.07) is 10.7. The van der Waals surface area contributed by atoms with Gasteiger partial charge in [0, 0.05) is 0 Å². The molecule has 1 aliphatic rings. The molecule has 7 nitrogen and oxygen atoms in total. The van der Waals surface area contributed by atoms with Crippen molar-refractivity contribution < 1.29 is 14.0 Å². The molecule has 0 saturated carbocycles. The molecular formula is C22H21ClFN5O2. The molecule has 1 aliphatic heterocycles. The Morgan fingerprint density at radius 3 is 2.84 bits per heavy atom. The molecule has 1 atom stereocenters. The monoisotopic (exact) mass is 441 g/mol. The number of amidine groups is 1. The summed E-state index contributed by atoms with van der Waals surface area (Å²) >= 11 is 5.85. The van der Waals surface area contributed by atoms with Gasteiger partial charge in [0.2, 0.25) is 0 Å². The van der Waals surface area contributed by atoms with Gasteiger partial charge in [-0.1, -0.05) is 41.4 Å². The van der Waals surface area contributed by atoms with E-state index < -0.39 is 5.82 Å². The second-order valence-electron chi connectivity index (χ2n) is 7.35. The summed E-state index contributed by atoms with van der Waals surface area (Å²) in [7, 11) is 0. The van der Waals surface area contributed by atoms with E-state index >= 15 is 0 Å². The summed E-state index contributed by atoms with van der Waals surface area (Å²) in [5, 5.41) is 7.90. The van der Waals surface area contributed by atoms with Gasteiger partial charge < -0.3 is 4.74 Å². The minimum atomic E-state index is -0.694. The van der Waals surface area contributed by atoms with Crippen LogP contribution in [0, 0.1) is 26.6 Å². The zero-order valence-corrected chi connectivity index (χ0v) is 18.1. The summed E-state index contributed by atoms with van der Waals surface area (Å²) < 4.78 is 20.0. The van der Waals surface area contributed by atoms with Gasteiger partial charge in [-0.15, -0.1) is 10.2 Å². The van der Waals surface area contributed by atoms with Gasteiger partial charge in [0.25, 0.3) is 5.88 Å². The van der Waals surface area contributed by atoms with Gasteiger partial charge >= 0.3 is 0 Å². The summed E-state index contributed by atoms with van der Waals surface area (Å²) in [6.07, 6.45) is 0.702. The Morgan fingerprint density at radius 1 is 1.19 bits per heavy atom. The number of halogens is 2. The number of hydrogen-bond acceptors (Lipinski definition) is 7. The maximum absolute atomic E-state index is 14.3. The number of ether oxygens (including phenoxy) is 1. The van der Waals surface area contributed by atoms with Crippen LogP contribution in [-0.2, 0) is 11.3 Å². The molecule has 0 fully saturated rings. The van der Waals surface area contributed by atoms with Crippen LogP contribution in [0.1, 0.15) is 28.2 Å². The van der Waals surface area contributed by atoms with Crippen LogP contribution in [-0.4, -0.2) is 33.7 Å². The molecule has 160 valence electrons. The highest BCUT2D eigenvalue weighted by Gasteiger charge is 2.24. The predicted molar refractivity (Wildman–Crippen MR) is 115 cm³/mol. The number of hydrogen-bond donors (Lipinski definition) is 1. The van der Waals surface area contributed by atoms with E-state index in [-0.39, 0.29) is 28.4 Å². The van der Waals surface area contributed by atoms with Gasteiger partial charge in [-0.3, -0.25) is 9.83 Å². The lowest BCUT2D eigenvalue weighted by Gasteiger charge is -2.23. The third-order valence-corrected chi connectivity index (χ3v) is 5.11. The molecule has 9 heteroatoms. The van der Waals surface area contributed by atoms with Crippen LogP contribution in [0.2, 0.25) is 5.02 Å². The molecule has 0 aliphatic carbocycles. The Hall–Kier alpha value is -3.10. The fourth-order valence-electron chi connectivity index (χ4n) is 3.28. The van der Waals surface area contributed by atoms with Crippen molar-refractivity contribution in [3.63, 3.8) is 0 Å². The molecule has 3 aromatic rings. The lowest BCUT2D eigenvalue weighted by molar-refractivity contribution is 0.0621. The zero-order valence-electron chi connectivity index (χ0n) is 17.3. The molecule has 2 heterocycles. The number of nitrogens with one attached hydrogen (secondary N) is 1. The van der Waals surface area contributed by atoms with Crippen molar-refractivity contribution >= 4 is 17.4 Å². The third-order valence-electron chi connectivity index (χ3n) is 4.82. The summed E-state index contributed by atoms with van der Waals surface area (Å²) in [5.74, 6) is -0.0296. The normalized spacial score (nSPS) is 15.9. The summed E-state index contributed by atoms with van der Waals surface area (Å²) in [6.45, 7) is 6.23. The number of rotatable bonds is 5. The Balaban J connectivity index is 1.64. The fourth-order valence-corrected chi connectivity index (χ4v) is 3.45. The molecule has 0 saturated heterocycles. The van der Waals surface area contributed by atoms with Gasteiger partial charge in [-0.2, -0.15) is 0 Å². The molecule has 2 aromatic carbocycles. The highest BCUT2D eigenvalue weighted by atomic mass is 35.5. The van der Waals surface area contributed by atoms with Crippen molar-refractivity contribution in [3.8, 4) is 11.6 Å². The number of benzene rings is 2. The SMILES string of the molecule is Cc1ccc(CC2CONC(c3nc(C)nnc3Oc3cccc(Cl)c3F)=N2)c(C)c1. The fraction of sp³-hybridized carbons (Fsp3) is 0.273. The van der Waals surface area contributed by atoms with Crippen LogP contribution in [0.15, 0.2) is 41.4 Å². The van der Waals surface area contributed by atoms with Crippen molar-refractivity contribution in [3.05, 3.63) is 75.4 Å². The van der Waals surface area contributed by atoms with Gasteiger partial charge in [-0.05, 0) is 50.5 Å². The topological polar surface area (TPSA) is 81.5 Å². The van der Waals surface area contributed by atoms with E-state index in [9.17, 15) is 4.39 Å². The molecule has 0 bridgehead atoms. The smallest absolute Gasteiger partial charge is 0.269 e. The largest absolute Gasteiger partial charge is 0.433 e. The maximum Gasteiger partial charge on any atom is 0.269 e. The van der Waals surface area contributed by atoms with Crippen LogP contribution in [0.5, 0.6) is 11.6 Å². The molecule has 1 aromatic heterocycles.